The van der Waals surface area contributed by atoms with Crippen LogP contribution in [0.4, 0.5) is 0 Å². The molecule has 142 valence electrons. The number of fused-ring (bicyclic) bond motifs is 2. The van der Waals surface area contributed by atoms with E-state index < -0.39 is 0 Å². The number of carbonyl (C=O) groups excluding carboxylic acids is 1. The predicted octanol–water partition coefficient (Wildman–Crippen LogP) is 2.79. The number of aromatic nitrogens is 3. The molecule has 0 saturated heterocycles. The van der Waals surface area contributed by atoms with Crippen molar-refractivity contribution in [2.75, 3.05) is 25.2 Å². The average molecular weight is 405 g/mol. The van der Waals surface area contributed by atoms with Gasteiger partial charge in [0.15, 0.2) is 16.3 Å². The molecule has 1 aromatic carbocycles. The summed E-state index contributed by atoms with van der Waals surface area (Å²) >= 11 is 3.24. The number of aryl methyl sites for hydroxylation is 2. The van der Waals surface area contributed by atoms with Crippen LogP contribution in [0.1, 0.15) is 17.4 Å². The lowest BCUT2D eigenvalue weighted by atomic mass is 10.2. The summed E-state index contributed by atoms with van der Waals surface area (Å²) in [6, 6.07) is 5.67. The monoisotopic (exact) mass is 404 g/mol. The van der Waals surface area contributed by atoms with Crippen molar-refractivity contribution in [2.24, 2.45) is 4.99 Å². The van der Waals surface area contributed by atoms with Gasteiger partial charge in [0.05, 0.1) is 10.2 Å². The summed E-state index contributed by atoms with van der Waals surface area (Å²) in [5, 5.41) is 4.16. The molecule has 27 heavy (non-hydrogen) atoms. The molecule has 0 atom stereocenters. The minimum atomic E-state index is -0.281. The zero-order chi connectivity index (χ0) is 18.8. The van der Waals surface area contributed by atoms with Gasteiger partial charge >= 0.3 is 0 Å². The lowest BCUT2D eigenvalue weighted by Gasteiger charge is -2.18. The Morgan fingerprint density at radius 3 is 2.85 bits per heavy atom. The molecular weight excluding hydrogens is 384 g/mol. The smallest absolute Gasteiger partial charge is 0.297 e. The Morgan fingerprint density at radius 2 is 2.11 bits per heavy atom. The van der Waals surface area contributed by atoms with E-state index in [1.165, 1.54) is 11.3 Å². The van der Waals surface area contributed by atoms with Crippen LogP contribution in [0.15, 0.2) is 29.4 Å². The number of thiazole rings is 1. The van der Waals surface area contributed by atoms with Gasteiger partial charge in [0.25, 0.3) is 5.91 Å². The Kier molecular flexibility index (Phi) is 5.22. The van der Waals surface area contributed by atoms with Crippen LogP contribution in [-0.4, -0.2) is 45.5 Å². The third-order valence-corrected chi connectivity index (χ3v) is 5.93. The fourth-order valence-corrected chi connectivity index (χ4v) is 4.43. The SMILES string of the molecule is CCn1nccc1C(=O)N=c1sc2cc3c(cc2n1CCSC)OCCO3. The van der Waals surface area contributed by atoms with E-state index in [2.05, 4.69) is 20.9 Å². The van der Waals surface area contributed by atoms with E-state index in [-0.39, 0.29) is 5.91 Å². The van der Waals surface area contributed by atoms with E-state index in [1.54, 1.807) is 28.7 Å². The number of hydrogen-bond acceptors (Lipinski definition) is 6. The second-order valence-electron chi connectivity index (χ2n) is 5.94. The topological polar surface area (TPSA) is 70.6 Å². The molecule has 0 unspecified atom stereocenters. The molecule has 0 spiro atoms. The van der Waals surface area contributed by atoms with E-state index in [4.69, 9.17) is 9.47 Å². The van der Waals surface area contributed by atoms with Crippen molar-refractivity contribution in [3.63, 3.8) is 0 Å². The van der Waals surface area contributed by atoms with Crippen LogP contribution in [0, 0.1) is 0 Å². The normalized spacial score (nSPS) is 14.1. The predicted molar refractivity (Wildman–Crippen MR) is 107 cm³/mol. The lowest BCUT2D eigenvalue weighted by molar-refractivity contribution is 0.0987. The van der Waals surface area contributed by atoms with Gasteiger partial charge < -0.3 is 14.0 Å². The molecule has 4 rings (SSSR count). The minimum absolute atomic E-state index is 0.281. The number of thioether (sulfide) groups is 1. The summed E-state index contributed by atoms with van der Waals surface area (Å²) in [6.07, 6.45) is 3.69. The first-order valence-corrected chi connectivity index (χ1v) is 10.9. The third-order valence-electron chi connectivity index (χ3n) is 4.30. The molecule has 3 heterocycles. The molecule has 9 heteroatoms. The van der Waals surface area contributed by atoms with Crippen molar-refractivity contribution in [3.8, 4) is 11.5 Å². The molecular formula is C18H20N4O3S2. The van der Waals surface area contributed by atoms with Gasteiger partial charge in [0.2, 0.25) is 0 Å². The van der Waals surface area contributed by atoms with Crippen LogP contribution in [0.3, 0.4) is 0 Å². The number of benzene rings is 1. The highest BCUT2D eigenvalue weighted by molar-refractivity contribution is 7.98. The van der Waals surface area contributed by atoms with Crippen molar-refractivity contribution >= 4 is 39.2 Å². The van der Waals surface area contributed by atoms with E-state index in [1.807, 2.05) is 19.1 Å². The van der Waals surface area contributed by atoms with Crippen LogP contribution >= 0.6 is 23.1 Å². The van der Waals surface area contributed by atoms with Crippen molar-refractivity contribution in [3.05, 3.63) is 34.9 Å². The number of carbonyl (C=O) groups is 1. The molecule has 0 bridgehead atoms. The molecule has 0 fully saturated rings. The summed E-state index contributed by atoms with van der Waals surface area (Å²) in [5.41, 5.74) is 1.51. The highest BCUT2D eigenvalue weighted by Gasteiger charge is 2.17. The van der Waals surface area contributed by atoms with Crippen LogP contribution < -0.4 is 14.3 Å². The standard InChI is InChI=1S/C18H20N4O3S2/c1-3-22-12(4-5-19-22)17(23)20-18-21(6-9-26-2)13-10-14-15(11-16(13)27-18)25-8-7-24-14/h4-5,10-11H,3,6-9H2,1-2H3. The molecule has 7 nitrogen and oxygen atoms in total. The molecule has 1 aliphatic heterocycles. The molecule has 0 radical (unpaired) electrons. The third kappa shape index (κ3) is 3.49. The maximum Gasteiger partial charge on any atom is 0.297 e. The fourth-order valence-electron chi connectivity index (χ4n) is 3.00. The molecule has 2 aromatic heterocycles. The fraction of sp³-hybridized carbons (Fsp3) is 0.389. The van der Waals surface area contributed by atoms with Gasteiger partial charge in [-0.25, -0.2) is 0 Å². The van der Waals surface area contributed by atoms with Gasteiger partial charge in [-0.2, -0.15) is 21.9 Å². The highest BCUT2D eigenvalue weighted by atomic mass is 32.2. The molecule has 1 amide bonds. The number of nitrogens with zero attached hydrogens (tertiary/aromatic N) is 4. The number of hydrogen-bond donors (Lipinski definition) is 0. The van der Waals surface area contributed by atoms with Gasteiger partial charge in [-0.15, -0.1) is 0 Å². The lowest BCUT2D eigenvalue weighted by Crippen LogP contribution is -2.19. The molecule has 0 aliphatic carbocycles. The zero-order valence-corrected chi connectivity index (χ0v) is 16.8. The van der Waals surface area contributed by atoms with Gasteiger partial charge in [-0.3, -0.25) is 9.48 Å². The largest absolute Gasteiger partial charge is 0.486 e. The summed E-state index contributed by atoms with van der Waals surface area (Å²) in [5.74, 6) is 2.13. The maximum atomic E-state index is 12.7. The summed E-state index contributed by atoms with van der Waals surface area (Å²) < 4.78 is 16.2. The second-order valence-corrected chi connectivity index (χ2v) is 7.94. The minimum Gasteiger partial charge on any atom is -0.486 e. The Bertz CT molecular complexity index is 1050. The van der Waals surface area contributed by atoms with Crippen molar-refractivity contribution < 1.29 is 14.3 Å². The maximum absolute atomic E-state index is 12.7. The van der Waals surface area contributed by atoms with Crippen LogP contribution in [0.5, 0.6) is 11.5 Å². The second kappa shape index (κ2) is 7.77. The van der Waals surface area contributed by atoms with E-state index >= 15 is 0 Å². The van der Waals surface area contributed by atoms with E-state index in [0.29, 0.717) is 30.3 Å². The molecule has 3 aromatic rings. The van der Waals surface area contributed by atoms with Gasteiger partial charge in [0.1, 0.15) is 18.9 Å². The van der Waals surface area contributed by atoms with Crippen LogP contribution in [-0.2, 0) is 13.1 Å². The quantitative estimate of drug-likeness (QED) is 0.654. The number of ether oxygens (including phenoxy) is 2. The van der Waals surface area contributed by atoms with E-state index in [9.17, 15) is 4.79 Å². The Balaban J connectivity index is 1.84. The zero-order valence-electron chi connectivity index (χ0n) is 15.2. The van der Waals surface area contributed by atoms with E-state index in [0.717, 1.165) is 34.0 Å². The first kappa shape index (κ1) is 18.1. The van der Waals surface area contributed by atoms with Crippen molar-refractivity contribution in [1.82, 2.24) is 14.3 Å². The Labute approximate surface area is 164 Å². The molecule has 0 N–H and O–H groups in total. The van der Waals surface area contributed by atoms with Crippen LogP contribution in [0.25, 0.3) is 10.2 Å². The van der Waals surface area contributed by atoms with Gasteiger partial charge in [0, 0.05) is 37.2 Å². The highest BCUT2D eigenvalue weighted by Crippen LogP contribution is 2.35. The van der Waals surface area contributed by atoms with Crippen molar-refractivity contribution in [1.29, 1.82) is 0 Å². The molecule has 0 saturated carbocycles. The van der Waals surface area contributed by atoms with Crippen LogP contribution in [0.2, 0.25) is 0 Å². The summed E-state index contributed by atoms with van der Waals surface area (Å²) in [4.78, 5) is 17.8. The Hall–Kier alpha value is -2.26. The first-order valence-electron chi connectivity index (χ1n) is 8.74. The summed E-state index contributed by atoms with van der Waals surface area (Å²) in [6.45, 7) is 4.44. The Morgan fingerprint density at radius 1 is 1.33 bits per heavy atom. The average Bonchev–Trinajstić information content (AvgIpc) is 3.28. The molecule has 1 aliphatic rings. The number of amides is 1. The first-order chi connectivity index (χ1) is 13.2. The van der Waals surface area contributed by atoms with Gasteiger partial charge in [-0.1, -0.05) is 11.3 Å². The van der Waals surface area contributed by atoms with Gasteiger partial charge in [-0.05, 0) is 19.2 Å². The number of rotatable bonds is 5. The van der Waals surface area contributed by atoms with Crippen molar-refractivity contribution in [2.45, 2.75) is 20.0 Å². The summed E-state index contributed by atoms with van der Waals surface area (Å²) in [7, 11) is 0.